The van der Waals surface area contributed by atoms with Crippen molar-refractivity contribution in [3.8, 4) is 0 Å². The molecule has 0 unspecified atom stereocenters. The average Bonchev–Trinajstić information content (AvgIpc) is 3.07. The number of nitrogens with one attached hydrogen (secondary N) is 2. The van der Waals surface area contributed by atoms with E-state index in [2.05, 4.69) is 37.3 Å². The van der Waals surface area contributed by atoms with Gasteiger partial charge in [-0.15, -0.1) is 0 Å². The zero-order valence-corrected chi connectivity index (χ0v) is 15.9. The summed E-state index contributed by atoms with van der Waals surface area (Å²) in [5, 5.41) is 14.2. The minimum Gasteiger partial charge on any atom is -0.391 e. The Morgan fingerprint density at radius 1 is 1.28 bits per heavy atom. The molecule has 2 fully saturated rings. The Kier molecular flexibility index (Phi) is 4.32. The molecule has 29 heavy (non-hydrogen) atoms. The topological polar surface area (TPSA) is 94.1 Å². The van der Waals surface area contributed by atoms with Crippen LogP contribution in [0, 0.1) is 11.3 Å². The lowest BCUT2D eigenvalue weighted by molar-refractivity contribution is 0.0939. The van der Waals surface area contributed by atoms with Gasteiger partial charge in [-0.05, 0) is 23.5 Å². The van der Waals surface area contributed by atoms with Crippen LogP contribution < -0.4 is 10.2 Å². The molecule has 148 valence electrons. The van der Waals surface area contributed by atoms with Crippen molar-refractivity contribution < 1.29 is 9.90 Å². The normalized spacial score (nSPS) is 27.9. The van der Waals surface area contributed by atoms with Gasteiger partial charge in [0.05, 0.1) is 17.9 Å². The first kappa shape index (κ1) is 17.9. The van der Waals surface area contributed by atoms with E-state index in [1.165, 1.54) is 5.56 Å². The Morgan fingerprint density at radius 3 is 2.86 bits per heavy atom. The van der Waals surface area contributed by atoms with Gasteiger partial charge < -0.3 is 20.3 Å². The maximum absolute atomic E-state index is 12.4. The molecule has 1 amide bonds. The van der Waals surface area contributed by atoms with Gasteiger partial charge in [-0.3, -0.25) is 9.78 Å². The first-order valence-electron chi connectivity index (χ1n) is 9.85. The van der Waals surface area contributed by atoms with Crippen LogP contribution >= 0.6 is 0 Å². The van der Waals surface area contributed by atoms with Crippen LogP contribution in [0.3, 0.4) is 0 Å². The molecule has 3 aromatic rings. The molecule has 1 aliphatic heterocycles. The number of aromatic amines is 1. The van der Waals surface area contributed by atoms with Gasteiger partial charge in [0.25, 0.3) is 5.91 Å². The summed E-state index contributed by atoms with van der Waals surface area (Å²) in [5.74, 6) is 1.02. The second-order valence-corrected chi connectivity index (χ2v) is 7.88. The van der Waals surface area contributed by atoms with Gasteiger partial charge in [0, 0.05) is 49.8 Å². The van der Waals surface area contributed by atoms with Crippen molar-refractivity contribution in [3.63, 3.8) is 0 Å². The van der Waals surface area contributed by atoms with E-state index < -0.39 is 6.10 Å². The number of aliphatic hydroxyl groups is 1. The molecule has 5 rings (SSSR count). The first-order valence-corrected chi connectivity index (χ1v) is 9.85. The zero-order chi connectivity index (χ0) is 19.8. The number of anilines is 1. The SMILES string of the molecule is O=C(NC[C@@H]1[C@@H](c2ccccc2)[C@]12CN(c1cnccn1)C[C@@H]2O)c1cc[nH]c1. The van der Waals surface area contributed by atoms with E-state index in [-0.39, 0.29) is 23.2 Å². The number of aliphatic hydroxyl groups excluding tert-OH is 1. The largest absolute Gasteiger partial charge is 0.391 e. The lowest BCUT2D eigenvalue weighted by Crippen LogP contribution is -2.30. The van der Waals surface area contributed by atoms with Crippen LogP contribution in [0.1, 0.15) is 21.8 Å². The van der Waals surface area contributed by atoms with Gasteiger partial charge in [0.15, 0.2) is 0 Å². The lowest BCUT2D eigenvalue weighted by Gasteiger charge is -2.17. The minimum atomic E-state index is -0.496. The number of rotatable bonds is 5. The monoisotopic (exact) mass is 389 g/mol. The number of hydrogen-bond acceptors (Lipinski definition) is 5. The number of benzene rings is 1. The molecule has 3 heterocycles. The van der Waals surface area contributed by atoms with Crippen LogP contribution in [0.15, 0.2) is 67.4 Å². The van der Waals surface area contributed by atoms with E-state index in [0.717, 1.165) is 5.82 Å². The number of carbonyl (C=O) groups is 1. The Morgan fingerprint density at radius 2 is 2.14 bits per heavy atom. The number of hydrogen-bond donors (Lipinski definition) is 3. The highest BCUT2D eigenvalue weighted by atomic mass is 16.3. The van der Waals surface area contributed by atoms with Crippen molar-refractivity contribution in [2.24, 2.45) is 11.3 Å². The van der Waals surface area contributed by atoms with Gasteiger partial charge in [-0.2, -0.15) is 0 Å². The standard InChI is InChI=1S/C22H23N5O2/c28-18-13-27(19-12-24-8-9-25-19)14-22(18)17(20(22)15-4-2-1-3-5-15)11-26-21(29)16-6-7-23-10-16/h1-10,12,17-18,20,23,28H,11,13-14H2,(H,26,29)/t17-,18+,20-,22-/m1/s1. The summed E-state index contributed by atoms with van der Waals surface area (Å²) < 4.78 is 0. The number of β-amino-alcohol motifs (C(OH)–C–C–N with tert-alkyl or cyclic N) is 1. The van der Waals surface area contributed by atoms with E-state index in [1.807, 2.05) is 18.2 Å². The number of amides is 1. The fourth-order valence-corrected chi connectivity index (χ4v) is 5.00. The second-order valence-electron chi connectivity index (χ2n) is 7.88. The molecule has 2 aliphatic rings. The molecule has 0 radical (unpaired) electrons. The van der Waals surface area contributed by atoms with E-state index >= 15 is 0 Å². The van der Waals surface area contributed by atoms with Crippen molar-refractivity contribution >= 4 is 11.7 Å². The average molecular weight is 389 g/mol. The third-order valence-electron chi connectivity index (χ3n) is 6.42. The Balaban J connectivity index is 1.39. The van der Waals surface area contributed by atoms with Crippen LogP contribution in [0.25, 0.3) is 0 Å². The van der Waals surface area contributed by atoms with Crippen molar-refractivity contribution in [1.29, 1.82) is 0 Å². The van der Waals surface area contributed by atoms with Crippen molar-refractivity contribution in [2.45, 2.75) is 12.0 Å². The quantitative estimate of drug-likeness (QED) is 0.619. The van der Waals surface area contributed by atoms with Crippen LogP contribution in [0.4, 0.5) is 5.82 Å². The number of H-pyrrole nitrogens is 1. The summed E-state index contributed by atoms with van der Waals surface area (Å²) in [4.78, 5) is 26.0. The van der Waals surface area contributed by atoms with Crippen LogP contribution in [0.2, 0.25) is 0 Å². The Labute approximate surface area is 168 Å². The van der Waals surface area contributed by atoms with Gasteiger partial charge in [0.2, 0.25) is 0 Å². The van der Waals surface area contributed by atoms with Gasteiger partial charge in [-0.25, -0.2) is 4.98 Å². The van der Waals surface area contributed by atoms with E-state index in [0.29, 0.717) is 25.2 Å². The summed E-state index contributed by atoms with van der Waals surface area (Å²) in [6.07, 6.45) is 7.97. The molecule has 3 N–H and O–H groups in total. The van der Waals surface area contributed by atoms with Crippen molar-refractivity contribution in [3.05, 3.63) is 78.5 Å². The lowest BCUT2D eigenvalue weighted by atomic mass is 9.95. The molecule has 1 saturated heterocycles. The van der Waals surface area contributed by atoms with Crippen molar-refractivity contribution in [2.75, 3.05) is 24.5 Å². The Bertz CT molecular complexity index is 979. The maximum Gasteiger partial charge on any atom is 0.252 e. The summed E-state index contributed by atoms with van der Waals surface area (Å²) in [6.45, 7) is 1.73. The predicted molar refractivity (Wildman–Crippen MR) is 108 cm³/mol. The fourth-order valence-electron chi connectivity index (χ4n) is 5.00. The minimum absolute atomic E-state index is 0.0987. The van der Waals surface area contributed by atoms with Crippen LogP contribution in [-0.2, 0) is 0 Å². The second kappa shape index (κ2) is 7.00. The molecule has 1 aromatic carbocycles. The molecular formula is C22H23N5O2. The zero-order valence-electron chi connectivity index (χ0n) is 15.9. The highest BCUT2D eigenvalue weighted by molar-refractivity contribution is 5.94. The molecule has 1 aliphatic carbocycles. The Hall–Kier alpha value is -3.19. The molecule has 1 spiro atoms. The highest BCUT2D eigenvalue weighted by Crippen LogP contribution is 2.68. The number of carbonyl (C=O) groups excluding carboxylic acids is 1. The number of nitrogens with zero attached hydrogens (tertiary/aromatic N) is 3. The summed E-state index contributed by atoms with van der Waals surface area (Å²) in [7, 11) is 0. The van der Waals surface area contributed by atoms with E-state index in [9.17, 15) is 9.90 Å². The van der Waals surface area contributed by atoms with Crippen molar-refractivity contribution in [1.82, 2.24) is 20.3 Å². The predicted octanol–water partition coefficient (Wildman–Crippen LogP) is 1.82. The van der Waals surface area contributed by atoms with E-state index in [4.69, 9.17) is 0 Å². The molecule has 2 aromatic heterocycles. The molecular weight excluding hydrogens is 366 g/mol. The summed E-state index contributed by atoms with van der Waals surface area (Å²) in [5.41, 5.74) is 1.52. The molecule has 7 nitrogen and oxygen atoms in total. The smallest absolute Gasteiger partial charge is 0.252 e. The molecule has 0 bridgehead atoms. The van der Waals surface area contributed by atoms with Gasteiger partial charge in [-0.1, -0.05) is 30.3 Å². The highest BCUT2D eigenvalue weighted by Gasteiger charge is 2.71. The third-order valence-corrected chi connectivity index (χ3v) is 6.42. The van der Waals surface area contributed by atoms with E-state index in [1.54, 1.807) is 37.1 Å². The van der Waals surface area contributed by atoms with Gasteiger partial charge >= 0.3 is 0 Å². The van der Waals surface area contributed by atoms with Gasteiger partial charge in [0.1, 0.15) is 5.82 Å². The molecule has 1 saturated carbocycles. The van der Waals surface area contributed by atoms with Crippen LogP contribution in [0.5, 0.6) is 0 Å². The van der Waals surface area contributed by atoms with Crippen LogP contribution in [-0.4, -0.2) is 51.7 Å². The fraction of sp³-hybridized carbons (Fsp3) is 0.318. The molecule has 4 atom stereocenters. The number of aromatic nitrogens is 3. The summed E-state index contributed by atoms with van der Waals surface area (Å²) >= 11 is 0. The summed E-state index contributed by atoms with van der Waals surface area (Å²) in [6, 6.07) is 12.0. The first-order chi connectivity index (χ1) is 14.2. The third kappa shape index (κ3) is 2.98. The molecule has 7 heteroatoms. The maximum atomic E-state index is 12.4.